The van der Waals surface area contributed by atoms with Crippen molar-refractivity contribution in [3.05, 3.63) is 18.0 Å². The Kier molecular flexibility index (Phi) is 11.4. The van der Waals surface area contributed by atoms with Crippen molar-refractivity contribution in [2.75, 3.05) is 52.5 Å². The highest BCUT2D eigenvalue weighted by atomic mass is 127. The van der Waals surface area contributed by atoms with E-state index in [2.05, 4.69) is 24.7 Å². The molecule has 1 fully saturated rings. The van der Waals surface area contributed by atoms with Gasteiger partial charge in [-0.1, -0.05) is 5.16 Å². The number of sulfonamides is 1. The largest absolute Gasteiger partial charge is 0.411 e. The molecule has 0 spiro atoms. The summed E-state index contributed by atoms with van der Waals surface area (Å²) in [5.74, 6) is 0.395. The second kappa shape index (κ2) is 12.7. The van der Waals surface area contributed by atoms with E-state index < -0.39 is 22.8 Å². The third kappa shape index (κ3) is 9.34. The second-order valence-electron chi connectivity index (χ2n) is 6.39. The van der Waals surface area contributed by atoms with E-state index in [1.165, 1.54) is 16.6 Å². The molecule has 1 aromatic heterocycles. The van der Waals surface area contributed by atoms with Crippen LogP contribution in [0.3, 0.4) is 0 Å². The first-order valence-electron chi connectivity index (χ1n) is 9.26. The molecule has 14 heteroatoms. The van der Waals surface area contributed by atoms with Crippen LogP contribution in [0.25, 0.3) is 0 Å². The van der Waals surface area contributed by atoms with Gasteiger partial charge < -0.3 is 19.5 Å². The Labute approximate surface area is 191 Å². The molecule has 2 heterocycles. The maximum absolute atomic E-state index is 12.5. The average molecular weight is 569 g/mol. The van der Waals surface area contributed by atoms with Crippen molar-refractivity contribution in [3.63, 3.8) is 0 Å². The molecule has 0 saturated carbocycles. The van der Waals surface area contributed by atoms with E-state index in [1.807, 2.05) is 11.8 Å². The van der Waals surface area contributed by atoms with E-state index >= 15 is 0 Å². The van der Waals surface area contributed by atoms with Gasteiger partial charge in [0.15, 0.2) is 5.96 Å². The molecule has 0 aliphatic carbocycles. The molecule has 174 valence electrons. The summed E-state index contributed by atoms with van der Waals surface area (Å²) in [5, 5.41) is 6.76. The van der Waals surface area contributed by atoms with Crippen LogP contribution in [0, 0.1) is 0 Å². The zero-order chi connectivity index (χ0) is 21.3. The van der Waals surface area contributed by atoms with Crippen molar-refractivity contribution in [2.24, 2.45) is 4.99 Å². The maximum atomic E-state index is 12.5. The number of nitrogens with zero attached hydrogens (tertiary/aromatic N) is 4. The quantitative estimate of drug-likeness (QED) is 0.209. The minimum Gasteiger partial charge on any atom is -0.372 e. The number of ether oxygens (including phenoxy) is 1. The number of guanidine groups is 1. The smallest absolute Gasteiger partial charge is 0.372 e. The molecule has 0 atom stereocenters. The monoisotopic (exact) mass is 569 g/mol. The molecule has 1 N–H and O–H groups in total. The van der Waals surface area contributed by atoms with Gasteiger partial charge in [-0.15, -0.1) is 24.0 Å². The number of hydrogen-bond acceptors (Lipinski definition) is 6. The normalized spacial score (nSPS) is 16.4. The fourth-order valence-electron chi connectivity index (χ4n) is 2.73. The first-order chi connectivity index (χ1) is 13.7. The van der Waals surface area contributed by atoms with Gasteiger partial charge in [-0.3, -0.25) is 4.99 Å². The molecule has 1 aliphatic rings. The number of alkyl halides is 3. The Morgan fingerprint density at radius 2 is 2.03 bits per heavy atom. The highest BCUT2D eigenvalue weighted by Crippen LogP contribution is 2.15. The fourth-order valence-corrected chi connectivity index (χ4v) is 4.16. The van der Waals surface area contributed by atoms with Crippen LogP contribution in [0.5, 0.6) is 0 Å². The lowest BCUT2D eigenvalue weighted by atomic mass is 10.4. The molecular weight excluding hydrogens is 542 g/mol. The van der Waals surface area contributed by atoms with Gasteiger partial charge in [-0.05, 0) is 13.3 Å². The summed E-state index contributed by atoms with van der Waals surface area (Å²) in [4.78, 5) is 6.33. The van der Waals surface area contributed by atoms with Crippen LogP contribution >= 0.6 is 24.0 Å². The standard InChI is InChI=1S/C16H26F3N5O4S.HI/c1-2-20-15(21-5-3-10-27-13-16(17,18)19)23-6-8-24(9-7-23)29(25,26)12-14-4-11-28-22-14;/h4,11H,2-3,5-10,12-13H2,1H3,(H,20,21);1H. The summed E-state index contributed by atoms with van der Waals surface area (Å²) in [6.45, 7) is 3.05. The van der Waals surface area contributed by atoms with Gasteiger partial charge in [-0.2, -0.15) is 17.5 Å². The summed E-state index contributed by atoms with van der Waals surface area (Å²) < 4.78 is 71.7. The second-order valence-corrected chi connectivity index (χ2v) is 8.36. The van der Waals surface area contributed by atoms with Crippen molar-refractivity contribution in [2.45, 2.75) is 25.3 Å². The van der Waals surface area contributed by atoms with E-state index in [9.17, 15) is 21.6 Å². The Morgan fingerprint density at radius 1 is 1.33 bits per heavy atom. The highest BCUT2D eigenvalue weighted by molar-refractivity contribution is 14.0. The highest BCUT2D eigenvalue weighted by Gasteiger charge is 2.29. The van der Waals surface area contributed by atoms with E-state index in [0.717, 1.165) is 0 Å². The Morgan fingerprint density at radius 3 is 2.60 bits per heavy atom. The zero-order valence-electron chi connectivity index (χ0n) is 16.6. The number of piperazine rings is 1. The van der Waals surface area contributed by atoms with Gasteiger partial charge >= 0.3 is 6.18 Å². The minimum absolute atomic E-state index is 0. The Hall–Kier alpha value is -1.13. The van der Waals surface area contributed by atoms with Crippen LogP contribution < -0.4 is 5.32 Å². The van der Waals surface area contributed by atoms with Gasteiger partial charge in [0.2, 0.25) is 10.0 Å². The third-order valence-corrected chi connectivity index (χ3v) is 5.87. The molecular formula is C16H27F3IN5O4S. The summed E-state index contributed by atoms with van der Waals surface area (Å²) in [7, 11) is -3.49. The molecule has 0 bridgehead atoms. The summed E-state index contributed by atoms with van der Waals surface area (Å²) in [5.41, 5.74) is 0.357. The summed E-state index contributed by atoms with van der Waals surface area (Å²) in [6.07, 6.45) is -2.64. The Bertz CT molecular complexity index is 739. The van der Waals surface area contributed by atoms with Crippen LogP contribution in [-0.4, -0.2) is 87.4 Å². The molecule has 9 nitrogen and oxygen atoms in total. The molecule has 1 saturated heterocycles. The lowest BCUT2D eigenvalue weighted by molar-refractivity contribution is -0.173. The number of rotatable bonds is 9. The van der Waals surface area contributed by atoms with Crippen molar-refractivity contribution in [1.29, 1.82) is 0 Å². The van der Waals surface area contributed by atoms with Gasteiger partial charge in [0.1, 0.15) is 18.6 Å². The van der Waals surface area contributed by atoms with E-state index in [4.69, 9.17) is 0 Å². The molecule has 1 aromatic rings. The number of halogens is 4. The molecule has 0 amide bonds. The van der Waals surface area contributed by atoms with Crippen molar-refractivity contribution >= 4 is 40.0 Å². The van der Waals surface area contributed by atoms with Crippen LogP contribution in [0.2, 0.25) is 0 Å². The molecule has 1 aliphatic heterocycles. The van der Waals surface area contributed by atoms with Crippen molar-refractivity contribution in [3.8, 4) is 0 Å². The molecule has 2 rings (SSSR count). The van der Waals surface area contributed by atoms with E-state index in [0.29, 0.717) is 57.3 Å². The number of aliphatic imine (C=N–C) groups is 1. The molecule has 30 heavy (non-hydrogen) atoms. The van der Waals surface area contributed by atoms with Crippen LogP contribution in [-0.2, 0) is 20.5 Å². The van der Waals surface area contributed by atoms with Gasteiger partial charge in [0, 0.05) is 51.9 Å². The lowest BCUT2D eigenvalue weighted by Crippen LogP contribution is -2.53. The fraction of sp³-hybridized carbons (Fsp3) is 0.750. The number of aromatic nitrogens is 1. The molecule has 0 radical (unpaired) electrons. The Balaban J connectivity index is 0.00000450. The topological polar surface area (TPSA) is 100 Å². The summed E-state index contributed by atoms with van der Waals surface area (Å²) >= 11 is 0. The van der Waals surface area contributed by atoms with E-state index in [-0.39, 0.29) is 36.3 Å². The molecule has 0 aromatic carbocycles. The predicted octanol–water partition coefficient (Wildman–Crippen LogP) is 1.67. The molecule has 0 unspecified atom stereocenters. The van der Waals surface area contributed by atoms with Crippen molar-refractivity contribution < 1.29 is 30.8 Å². The first-order valence-corrected chi connectivity index (χ1v) is 10.9. The van der Waals surface area contributed by atoms with Gasteiger partial charge in [0.05, 0.1) is 5.69 Å². The lowest BCUT2D eigenvalue weighted by Gasteiger charge is -2.35. The summed E-state index contributed by atoms with van der Waals surface area (Å²) in [6, 6.07) is 1.52. The SMILES string of the molecule is CCNC(=NCCCOCC(F)(F)F)N1CCN(S(=O)(=O)Cc2ccon2)CC1.I. The van der Waals surface area contributed by atoms with Crippen molar-refractivity contribution in [1.82, 2.24) is 19.7 Å². The zero-order valence-corrected chi connectivity index (χ0v) is 19.7. The number of nitrogens with one attached hydrogen (secondary N) is 1. The van der Waals surface area contributed by atoms with Gasteiger partial charge in [0.25, 0.3) is 0 Å². The third-order valence-electron chi connectivity index (χ3n) is 4.06. The van der Waals surface area contributed by atoms with Crippen LogP contribution in [0.4, 0.5) is 13.2 Å². The van der Waals surface area contributed by atoms with Gasteiger partial charge in [-0.25, -0.2) is 8.42 Å². The van der Waals surface area contributed by atoms with Crippen LogP contribution in [0.15, 0.2) is 21.8 Å². The maximum Gasteiger partial charge on any atom is 0.411 e. The van der Waals surface area contributed by atoms with E-state index in [1.54, 1.807) is 0 Å². The number of hydrogen-bond donors (Lipinski definition) is 1. The minimum atomic E-state index is -4.33. The first kappa shape index (κ1) is 26.9. The average Bonchev–Trinajstić information content (AvgIpc) is 3.15. The predicted molar refractivity (Wildman–Crippen MR) is 115 cm³/mol. The van der Waals surface area contributed by atoms with Crippen LogP contribution in [0.1, 0.15) is 19.0 Å².